The number of benzene rings is 1. The van der Waals surface area contributed by atoms with Crippen molar-refractivity contribution in [2.45, 2.75) is 0 Å². The number of hydrogen-bond donors (Lipinski definition) is 0. The molecule has 0 atom stereocenters. The second-order valence-electron chi connectivity index (χ2n) is 3.06. The minimum absolute atomic E-state index is 0.693. The van der Waals surface area contributed by atoms with Gasteiger partial charge in [0.25, 0.3) is 0 Å². The summed E-state index contributed by atoms with van der Waals surface area (Å²) in [6.45, 7) is 0. The van der Waals surface area contributed by atoms with Crippen LogP contribution in [-0.4, -0.2) is 16.9 Å². The van der Waals surface area contributed by atoms with Crippen molar-refractivity contribution in [2.75, 3.05) is 7.11 Å². The summed E-state index contributed by atoms with van der Waals surface area (Å²) in [5.74, 6) is 3.28. The highest BCUT2D eigenvalue weighted by molar-refractivity contribution is 5.82. The molecule has 1 aromatic heterocycles. The average Bonchev–Trinajstić information content (AvgIpc) is 2.54. The Morgan fingerprint density at radius 1 is 1.50 bits per heavy atom. The molecule has 0 saturated heterocycles. The average molecular weight is 186 g/mol. The Bertz CT molecular complexity index is 520. The van der Waals surface area contributed by atoms with Crippen molar-refractivity contribution in [3.8, 4) is 18.1 Å². The van der Waals surface area contributed by atoms with E-state index in [4.69, 9.17) is 11.2 Å². The fourth-order valence-electron chi connectivity index (χ4n) is 1.46. The first-order chi connectivity index (χ1) is 6.74. The highest BCUT2D eigenvalue weighted by Crippen LogP contribution is 2.23. The van der Waals surface area contributed by atoms with Crippen molar-refractivity contribution in [1.29, 1.82) is 0 Å². The Labute approximate surface area is 82.3 Å². The van der Waals surface area contributed by atoms with Crippen LogP contribution in [0.2, 0.25) is 0 Å². The molecule has 2 rings (SSSR count). The van der Waals surface area contributed by atoms with E-state index in [0.29, 0.717) is 5.75 Å². The van der Waals surface area contributed by atoms with E-state index in [0.717, 1.165) is 16.5 Å². The van der Waals surface area contributed by atoms with Gasteiger partial charge >= 0.3 is 0 Å². The van der Waals surface area contributed by atoms with Gasteiger partial charge in [0.15, 0.2) is 0 Å². The Balaban J connectivity index is 2.76. The largest absolute Gasteiger partial charge is 0.495 e. The molecule has 0 N–H and O–H groups in total. The quantitative estimate of drug-likeness (QED) is 0.632. The fraction of sp³-hybridized carbons (Fsp3) is 0.182. The summed E-state index contributed by atoms with van der Waals surface area (Å²) in [5.41, 5.74) is 1.65. The summed E-state index contributed by atoms with van der Waals surface area (Å²) in [5, 5.41) is 5.29. The first kappa shape index (κ1) is 8.64. The van der Waals surface area contributed by atoms with Crippen molar-refractivity contribution in [3.05, 3.63) is 23.9 Å². The predicted molar refractivity (Wildman–Crippen MR) is 55.2 cm³/mol. The number of methoxy groups -OCH3 is 1. The number of ether oxygens (including phenoxy) is 1. The molecular formula is C11H10N2O. The predicted octanol–water partition coefficient (Wildman–Crippen LogP) is 1.56. The van der Waals surface area contributed by atoms with E-state index < -0.39 is 0 Å². The smallest absolute Gasteiger partial charge is 0.136 e. The number of fused-ring (bicyclic) bond motifs is 1. The minimum atomic E-state index is 0.693. The number of terminal acetylenes is 1. The molecule has 3 heteroatoms. The number of rotatable bonds is 1. The molecule has 0 fully saturated rings. The molecular weight excluding hydrogens is 176 g/mol. The van der Waals surface area contributed by atoms with Crippen LogP contribution in [0.5, 0.6) is 5.75 Å². The first-order valence-corrected chi connectivity index (χ1v) is 4.22. The molecule has 0 spiro atoms. The van der Waals surface area contributed by atoms with Gasteiger partial charge in [-0.25, -0.2) is 0 Å². The maximum Gasteiger partial charge on any atom is 0.136 e. The number of aromatic nitrogens is 2. The molecule has 0 aliphatic heterocycles. The summed E-state index contributed by atoms with van der Waals surface area (Å²) in [7, 11) is 3.48. The summed E-state index contributed by atoms with van der Waals surface area (Å²) in [4.78, 5) is 0. The van der Waals surface area contributed by atoms with Gasteiger partial charge in [-0.1, -0.05) is 5.92 Å². The highest BCUT2D eigenvalue weighted by atomic mass is 16.5. The monoisotopic (exact) mass is 186 g/mol. The molecule has 0 aliphatic carbocycles. The van der Waals surface area contributed by atoms with Gasteiger partial charge in [-0.2, -0.15) is 5.10 Å². The highest BCUT2D eigenvalue weighted by Gasteiger charge is 2.05. The van der Waals surface area contributed by atoms with Crippen LogP contribution >= 0.6 is 0 Å². The third-order valence-electron chi connectivity index (χ3n) is 2.10. The zero-order valence-electron chi connectivity index (χ0n) is 8.11. The van der Waals surface area contributed by atoms with Gasteiger partial charge in [-0.3, -0.25) is 4.68 Å². The molecule has 0 unspecified atom stereocenters. The molecule has 0 amide bonds. The Kier molecular flexibility index (Phi) is 1.90. The third kappa shape index (κ3) is 1.21. The standard InChI is InChI=1S/C11H10N2O/c1-4-8-5-9-7-13(2)12-10(9)6-11(8)14-3/h1,5-7H,2-3H3. The van der Waals surface area contributed by atoms with E-state index in [1.54, 1.807) is 11.8 Å². The van der Waals surface area contributed by atoms with Crippen LogP contribution in [0.25, 0.3) is 10.9 Å². The maximum atomic E-state index is 5.37. The number of hydrogen-bond acceptors (Lipinski definition) is 2. The van der Waals surface area contributed by atoms with Gasteiger partial charge in [0.2, 0.25) is 0 Å². The lowest BCUT2D eigenvalue weighted by atomic mass is 10.1. The molecule has 2 aromatic rings. The summed E-state index contributed by atoms with van der Waals surface area (Å²) < 4.78 is 6.92. The second kappa shape index (κ2) is 3.08. The minimum Gasteiger partial charge on any atom is -0.495 e. The lowest BCUT2D eigenvalue weighted by molar-refractivity contribution is 0.414. The lowest BCUT2D eigenvalue weighted by Gasteiger charge is -2.01. The molecule has 70 valence electrons. The zero-order valence-corrected chi connectivity index (χ0v) is 8.11. The normalized spacial score (nSPS) is 10.1. The first-order valence-electron chi connectivity index (χ1n) is 4.22. The van der Waals surface area contributed by atoms with Gasteiger partial charge in [-0.05, 0) is 6.07 Å². The van der Waals surface area contributed by atoms with E-state index >= 15 is 0 Å². The summed E-state index contributed by atoms with van der Waals surface area (Å²) >= 11 is 0. The molecule has 0 saturated carbocycles. The Morgan fingerprint density at radius 2 is 2.29 bits per heavy atom. The molecule has 1 heterocycles. The lowest BCUT2D eigenvalue weighted by Crippen LogP contribution is -1.88. The van der Waals surface area contributed by atoms with Crippen molar-refractivity contribution in [3.63, 3.8) is 0 Å². The molecule has 0 bridgehead atoms. The Hall–Kier alpha value is -1.95. The van der Waals surface area contributed by atoms with Gasteiger partial charge in [0.05, 0.1) is 18.2 Å². The van der Waals surface area contributed by atoms with Crippen molar-refractivity contribution in [1.82, 2.24) is 9.78 Å². The van der Waals surface area contributed by atoms with Crippen LogP contribution in [0, 0.1) is 12.3 Å². The van der Waals surface area contributed by atoms with Crippen molar-refractivity contribution < 1.29 is 4.74 Å². The topological polar surface area (TPSA) is 27.1 Å². The summed E-state index contributed by atoms with van der Waals surface area (Å²) in [6.07, 6.45) is 7.29. The maximum absolute atomic E-state index is 5.37. The zero-order chi connectivity index (χ0) is 10.1. The number of aryl methyl sites for hydroxylation is 1. The number of nitrogens with zero attached hydrogens (tertiary/aromatic N) is 2. The van der Waals surface area contributed by atoms with Gasteiger partial charge < -0.3 is 4.74 Å². The van der Waals surface area contributed by atoms with Gasteiger partial charge in [0, 0.05) is 24.7 Å². The van der Waals surface area contributed by atoms with E-state index in [1.165, 1.54) is 0 Å². The second-order valence-corrected chi connectivity index (χ2v) is 3.06. The van der Waals surface area contributed by atoms with E-state index in [1.807, 2.05) is 25.4 Å². The SMILES string of the molecule is C#Cc1cc2cn(C)nc2cc1OC. The van der Waals surface area contributed by atoms with Crippen LogP contribution in [0.4, 0.5) is 0 Å². The van der Waals surface area contributed by atoms with Crippen LogP contribution in [-0.2, 0) is 7.05 Å². The molecule has 0 aliphatic rings. The molecule has 0 radical (unpaired) electrons. The van der Waals surface area contributed by atoms with Crippen LogP contribution < -0.4 is 4.74 Å². The fourth-order valence-corrected chi connectivity index (χ4v) is 1.46. The molecule has 14 heavy (non-hydrogen) atoms. The summed E-state index contributed by atoms with van der Waals surface area (Å²) in [6, 6.07) is 3.76. The van der Waals surface area contributed by atoms with Crippen LogP contribution in [0.3, 0.4) is 0 Å². The Morgan fingerprint density at radius 3 is 2.93 bits per heavy atom. The van der Waals surface area contributed by atoms with Gasteiger partial charge in [-0.15, -0.1) is 6.42 Å². The van der Waals surface area contributed by atoms with Crippen molar-refractivity contribution in [2.24, 2.45) is 7.05 Å². The van der Waals surface area contributed by atoms with E-state index in [2.05, 4.69) is 11.0 Å². The third-order valence-corrected chi connectivity index (χ3v) is 2.10. The molecule has 3 nitrogen and oxygen atoms in total. The van der Waals surface area contributed by atoms with E-state index in [9.17, 15) is 0 Å². The van der Waals surface area contributed by atoms with E-state index in [-0.39, 0.29) is 0 Å². The van der Waals surface area contributed by atoms with Crippen molar-refractivity contribution >= 4 is 10.9 Å². The van der Waals surface area contributed by atoms with Crippen LogP contribution in [0.1, 0.15) is 5.56 Å². The van der Waals surface area contributed by atoms with Gasteiger partial charge in [0.1, 0.15) is 5.75 Å². The van der Waals surface area contributed by atoms with Crippen LogP contribution in [0.15, 0.2) is 18.3 Å². The molecule has 1 aromatic carbocycles.